The Morgan fingerprint density at radius 3 is 2.39 bits per heavy atom. The molecule has 7 rings (SSSR count). The van der Waals surface area contributed by atoms with Crippen molar-refractivity contribution in [1.82, 2.24) is 34.3 Å². The number of carbonyl (C=O) groups is 2. The maximum absolute atomic E-state index is 13.4. The monoisotopic (exact) mass is 615 g/mol. The lowest BCUT2D eigenvalue weighted by atomic mass is 10.0. The zero-order chi connectivity index (χ0) is 30.5. The molecule has 1 fully saturated rings. The summed E-state index contributed by atoms with van der Waals surface area (Å²) in [5.74, 6) is 0.0724. The Morgan fingerprint density at radius 2 is 1.68 bits per heavy atom. The van der Waals surface area contributed by atoms with E-state index < -0.39 is 0 Å². The second kappa shape index (κ2) is 11.4. The van der Waals surface area contributed by atoms with Crippen LogP contribution in [0, 0.1) is 6.92 Å². The number of pyridine rings is 1. The molecular weight excluding hydrogens is 582 g/mol. The molecule has 3 aliphatic rings. The van der Waals surface area contributed by atoms with Gasteiger partial charge in [0.15, 0.2) is 11.6 Å². The van der Waals surface area contributed by atoms with E-state index in [1.165, 1.54) is 0 Å². The number of benzene rings is 1. The molecule has 2 amide bonds. The smallest absolute Gasteiger partial charge is 0.291 e. The van der Waals surface area contributed by atoms with Crippen molar-refractivity contribution >= 4 is 34.8 Å². The number of nitrogens with zero attached hydrogens (tertiary/aromatic N) is 6. The van der Waals surface area contributed by atoms with E-state index >= 15 is 0 Å². The van der Waals surface area contributed by atoms with Crippen molar-refractivity contribution in [3.05, 3.63) is 75.5 Å². The van der Waals surface area contributed by atoms with Crippen LogP contribution in [0.25, 0.3) is 11.3 Å². The SMILES string of the molecule is Cc1c(NC(=O)c2nc3c(n2C)CCNC3)cccc1-c1nccc(NC(=O)c2nc3c(n2C)CCN(C2COC2)C3)c1Cl. The van der Waals surface area contributed by atoms with Gasteiger partial charge >= 0.3 is 0 Å². The van der Waals surface area contributed by atoms with Crippen molar-refractivity contribution in [3.63, 3.8) is 0 Å². The second-order valence-electron chi connectivity index (χ2n) is 11.5. The lowest BCUT2D eigenvalue weighted by Gasteiger charge is -2.39. The Labute approximate surface area is 259 Å². The van der Waals surface area contributed by atoms with Gasteiger partial charge in [0, 0.05) is 82.0 Å². The first-order valence-corrected chi connectivity index (χ1v) is 15.2. The molecule has 0 spiro atoms. The summed E-state index contributed by atoms with van der Waals surface area (Å²) in [5.41, 5.74) is 7.05. The summed E-state index contributed by atoms with van der Waals surface area (Å²) in [6.45, 7) is 6.53. The van der Waals surface area contributed by atoms with E-state index in [4.69, 9.17) is 21.3 Å². The predicted octanol–water partition coefficient (Wildman–Crippen LogP) is 3.08. The summed E-state index contributed by atoms with van der Waals surface area (Å²) < 4.78 is 9.10. The third-order valence-electron chi connectivity index (χ3n) is 8.93. The molecule has 3 N–H and O–H groups in total. The third kappa shape index (κ3) is 4.97. The van der Waals surface area contributed by atoms with E-state index in [1.54, 1.807) is 12.3 Å². The number of hydrogen-bond donors (Lipinski definition) is 3. The molecule has 12 nitrogen and oxygen atoms in total. The first kappa shape index (κ1) is 28.7. The van der Waals surface area contributed by atoms with E-state index in [9.17, 15) is 9.59 Å². The van der Waals surface area contributed by atoms with Gasteiger partial charge in [-0.2, -0.15) is 0 Å². The molecule has 0 unspecified atom stereocenters. The maximum Gasteiger partial charge on any atom is 0.291 e. The predicted molar refractivity (Wildman–Crippen MR) is 166 cm³/mol. The number of carbonyl (C=O) groups excluding carboxylic acids is 2. The van der Waals surface area contributed by atoms with E-state index in [0.717, 1.165) is 73.0 Å². The fraction of sp³-hybridized carbons (Fsp3) is 0.387. The lowest BCUT2D eigenvalue weighted by molar-refractivity contribution is -0.0700. The van der Waals surface area contributed by atoms with Crippen LogP contribution in [0.2, 0.25) is 5.02 Å². The molecule has 0 radical (unpaired) electrons. The number of imidazole rings is 2. The van der Waals surface area contributed by atoms with Crippen LogP contribution in [0.3, 0.4) is 0 Å². The van der Waals surface area contributed by atoms with E-state index in [-0.39, 0.29) is 11.8 Å². The Morgan fingerprint density at radius 1 is 0.977 bits per heavy atom. The molecule has 3 aliphatic heterocycles. The average molecular weight is 616 g/mol. The molecule has 44 heavy (non-hydrogen) atoms. The fourth-order valence-electron chi connectivity index (χ4n) is 6.27. The molecule has 0 saturated carbocycles. The van der Waals surface area contributed by atoms with Crippen molar-refractivity contribution < 1.29 is 14.3 Å². The molecule has 1 saturated heterocycles. The lowest BCUT2D eigenvalue weighted by Crippen LogP contribution is -2.50. The van der Waals surface area contributed by atoms with Gasteiger partial charge in [0.1, 0.15) is 0 Å². The highest BCUT2D eigenvalue weighted by Crippen LogP contribution is 2.36. The molecule has 1 aromatic carbocycles. The van der Waals surface area contributed by atoms with Crippen LogP contribution in [-0.2, 0) is 44.8 Å². The highest BCUT2D eigenvalue weighted by molar-refractivity contribution is 6.36. The second-order valence-corrected chi connectivity index (χ2v) is 11.9. The summed E-state index contributed by atoms with van der Waals surface area (Å²) in [6.07, 6.45) is 3.26. The van der Waals surface area contributed by atoms with Crippen LogP contribution < -0.4 is 16.0 Å². The largest absolute Gasteiger partial charge is 0.378 e. The number of rotatable bonds is 6. The minimum atomic E-state index is -0.342. The zero-order valence-electron chi connectivity index (χ0n) is 24.9. The van der Waals surface area contributed by atoms with Crippen molar-refractivity contribution in [2.24, 2.45) is 14.1 Å². The minimum Gasteiger partial charge on any atom is -0.378 e. The minimum absolute atomic E-state index is 0.288. The number of ether oxygens (including phenoxy) is 1. The number of aromatic nitrogens is 5. The number of amides is 2. The Bertz CT molecular complexity index is 1790. The van der Waals surface area contributed by atoms with Gasteiger partial charge in [-0.3, -0.25) is 19.5 Å². The fourth-order valence-corrected chi connectivity index (χ4v) is 6.53. The van der Waals surface area contributed by atoms with Gasteiger partial charge in [-0.25, -0.2) is 9.97 Å². The Balaban J connectivity index is 1.11. The molecule has 6 heterocycles. The van der Waals surface area contributed by atoms with Crippen molar-refractivity contribution in [2.45, 2.75) is 38.9 Å². The summed E-state index contributed by atoms with van der Waals surface area (Å²) in [6, 6.07) is 7.66. The van der Waals surface area contributed by atoms with Crippen molar-refractivity contribution in [1.29, 1.82) is 0 Å². The average Bonchev–Trinajstić information content (AvgIpc) is 3.51. The normalized spacial score (nSPS) is 16.6. The summed E-state index contributed by atoms with van der Waals surface area (Å²) >= 11 is 6.87. The quantitative estimate of drug-likeness (QED) is 0.302. The van der Waals surface area contributed by atoms with Crippen LogP contribution in [-0.4, -0.2) is 73.1 Å². The van der Waals surface area contributed by atoms with E-state index in [0.29, 0.717) is 52.9 Å². The van der Waals surface area contributed by atoms with Crippen LogP contribution in [0.4, 0.5) is 11.4 Å². The highest BCUT2D eigenvalue weighted by Gasteiger charge is 2.32. The van der Waals surface area contributed by atoms with Gasteiger partial charge in [0.2, 0.25) is 0 Å². The van der Waals surface area contributed by atoms with E-state index in [1.807, 2.05) is 48.4 Å². The number of hydrogen-bond acceptors (Lipinski definition) is 8. The number of anilines is 2. The zero-order valence-corrected chi connectivity index (χ0v) is 25.7. The third-order valence-corrected chi connectivity index (χ3v) is 9.31. The molecule has 13 heteroatoms. The Hall–Kier alpha value is -4.10. The van der Waals surface area contributed by atoms with Gasteiger partial charge in [-0.1, -0.05) is 23.7 Å². The summed E-state index contributed by atoms with van der Waals surface area (Å²) in [4.78, 5) is 42.9. The van der Waals surface area contributed by atoms with Crippen LogP contribution >= 0.6 is 11.6 Å². The molecule has 0 atom stereocenters. The van der Waals surface area contributed by atoms with Crippen LogP contribution in [0.15, 0.2) is 30.5 Å². The first-order valence-electron chi connectivity index (χ1n) is 14.8. The number of halogens is 1. The van der Waals surface area contributed by atoms with Gasteiger partial charge in [0.05, 0.1) is 47.0 Å². The van der Waals surface area contributed by atoms with Gasteiger partial charge < -0.3 is 29.8 Å². The summed E-state index contributed by atoms with van der Waals surface area (Å²) in [5, 5.41) is 9.56. The van der Waals surface area contributed by atoms with Gasteiger partial charge in [-0.15, -0.1) is 0 Å². The van der Waals surface area contributed by atoms with Crippen LogP contribution in [0.1, 0.15) is 49.6 Å². The Kier molecular flexibility index (Phi) is 7.45. The number of fused-ring (bicyclic) bond motifs is 2. The molecule has 4 aromatic rings. The molecule has 0 aliphatic carbocycles. The maximum atomic E-state index is 13.4. The molecule has 0 bridgehead atoms. The van der Waals surface area contributed by atoms with Crippen LogP contribution in [0.5, 0.6) is 0 Å². The standard InChI is InChI=1S/C31H34ClN9O3/c1-17-19(5-4-6-20(17)37-30(42)28-35-22-13-33-10-8-24(22)39(28)2)27-26(32)21(7-11-34-27)38-31(43)29-36-23-14-41(18-15-44-16-18)12-9-25(23)40(29)3/h4-7,11,18,33H,8-10,12-16H2,1-3H3,(H,37,42)(H,34,38,43). The number of nitrogens with one attached hydrogen (secondary N) is 3. The topological polar surface area (TPSA) is 131 Å². The molecule has 228 valence electrons. The summed E-state index contributed by atoms with van der Waals surface area (Å²) in [7, 11) is 3.75. The van der Waals surface area contributed by atoms with Gasteiger partial charge in [0.25, 0.3) is 11.8 Å². The van der Waals surface area contributed by atoms with E-state index in [2.05, 4.69) is 30.8 Å². The van der Waals surface area contributed by atoms with Crippen molar-refractivity contribution in [2.75, 3.05) is 36.9 Å². The molecular formula is C31H34ClN9O3. The highest BCUT2D eigenvalue weighted by atomic mass is 35.5. The van der Waals surface area contributed by atoms with Gasteiger partial charge in [-0.05, 0) is 24.6 Å². The van der Waals surface area contributed by atoms with Crippen molar-refractivity contribution in [3.8, 4) is 11.3 Å². The first-order chi connectivity index (χ1) is 21.3. The molecule has 3 aromatic heterocycles.